The van der Waals surface area contributed by atoms with E-state index in [1.54, 1.807) is 0 Å². The van der Waals surface area contributed by atoms with Crippen molar-refractivity contribution in [3.63, 3.8) is 0 Å². The molecule has 1 saturated carbocycles. The normalized spacial score (nSPS) is 40.7. The van der Waals surface area contributed by atoms with Crippen molar-refractivity contribution in [1.82, 2.24) is 0 Å². The first-order valence-electron chi connectivity index (χ1n) is 3.75. The number of carbonyl (C=O) groups is 1. The molecule has 1 aliphatic carbocycles. The van der Waals surface area contributed by atoms with Gasteiger partial charge < -0.3 is 5.11 Å². The molecule has 0 aliphatic heterocycles. The highest BCUT2D eigenvalue weighted by Gasteiger charge is 2.41. The van der Waals surface area contributed by atoms with Crippen molar-refractivity contribution in [3.8, 4) is 0 Å². The second-order valence-electron chi connectivity index (χ2n) is 3.52. The molecule has 0 radical (unpaired) electrons. The Kier molecular flexibility index (Phi) is 1.82. The maximum absolute atomic E-state index is 11.3. The minimum Gasteiger partial charge on any atom is -0.395 e. The lowest BCUT2D eigenvalue weighted by Crippen LogP contribution is -2.28. The minimum atomic E-state index is -0.417. The summed E-state index contributed by atoms with van der Waals surface area (Å²) in [5.74, 6) is 0.396. The molecule has 0 spiro atoms. The van der Waals surface area contributed by atoms with Crippen LogP contribution < -0.4 is 0 Å². The predicted molar refractivity (Wildman–Crippen MR) is 38.6 cm³/mol. The van der Waals surface area contributed by atoms with Gasteiger partial charge in [0.1, 0.15) is 5.78 Å². The SMILES string of the molecule is C[C@H]1CC[C@@](C)(CO)C1=O. The zero-order chi connectivity index (χ0) is 7.78. The maximum atomic E-state index is 11.3. The van der Waals surface area contributed by atoms with Crippen LogP contribution in [0.2, 0.25) is 0 Å². The molecule has 1 fully saturated rings. The fraction of sp³-hybridized carbons (Fsp3) is 0.875. The van der Waals surface area contributed by atoms with Crippen LogP contribution in [0.25, 0.3) is 0 Å². The zero-order valence-electron chi connectivity index (χ0n) is 6.55. The number of carbonyl (C=O) groups excluding carboxylic acids is 1. The van der Waals surface area contributed by atoms with Crippen LogP contribution in [0.5, 0.6) is 0 Å². The number of aliphatic hydroxyl groups is 1. The summed E-state index contributed by atoms with van der Waals surface area (Å²) < 4.78 is 0. The second-order valence-corrected chi connectivity index (χ2v) is 3.52. The number of hydrogen-bond acceptors (Lipinski definition) is 2. The highest BCUT2D eigenvalue weighted by molar-refractivity contribution is 5.88. The number of Topliss-reactive ketones (excluding diaryl/α,β-unsaturated/α-hetero) is 1. The van der Waals surface area contributed by atoms with Crippen molar-refractivity contribution in [3.05, 3.63) is 0 Å². The molecule has 10 heavy (non-hydrogen) atoms. The van der Waals surface area contributed by atoms with E-state index in [1.165, 1.54) is 0 Å². The van der Waals surface area contributed by atoms with Gasteiger partial charge in [0, 0.05) is 11.3 Å². The Labute approximate surface area is 61.2 Å². The Hall–Kier alpha value is -0.370. The summed E-state index contributed by atoms with van der Waals surface area (Å²) in [4.78, 5) is 11.3. The molecule has 0 bridgehead atoms. The summed E-state index contributed by atoms with van der Waals surface area (Å²) in [6.07, 6.45) is 1.79. The molecule has 1 rings (SSSR count). The van der Waals surface area contributed by atoms with Crippen molar-refractivity contribution < 1.29 is 9.90 Å². The first kappa shape index (κ1) is 7.73. The van der Waals surface area contributed by atoms with E-state index in [-0.39, 0.29) is 18.3 Å². The van der Waals surface area contributed by atoms with Crippen molar-refractivity contribution in [1.29, 1.82) is 0 Å². The summed E-state index contributed by atoms with van der Waals surface area (Å²) in [6, 6.07) is 0. The third-order valence-electron chi connectivity index (χ3n) is 2.52. The van der Waals surface area contributed by atoms with Gasteiger partial charge in [0.2, 0.25) is 0 Å². The van der Waals surface area contributed by atoms with E-state index >= 15 is 0 Å². The Bertz CT molecular complexity index is 153. The van der Waals surface area contributed by atoms with Crippen LogP contribution in [0.3, 0.4) is 0 Å². The van der Waals surface area contributed by atoms with E-state index in [4.69, 9.17) is 5.11 Å². The molecule has 0 unspecified atom stereocenters. The quantitative estimate of drug-likeness (QED) is 0.592. The molecular formula is C8H14O2. The van der Waals surface area contributed by atoms with Crippen LogP contribution in [0.15, 0.2) is 0 Å². The largest absolute Gasteiger partial charge is 0.395 e. The third-order valence-corrected chi connectivity index (χ3v) is 2.52. The smallest absolute Gasteiger partial charge is 0.143 e. The molecule has 1 aliphatic rings. The van der Waals surface area contributed by atoms with E-state index in [0.717, 1.165) is 12.8 Å². The van der Waals surface area contributed by atoms with Gasteiger partial charge in [-0.25, -0.2) is 0 Å². The number of hydrogen-bond donors (Lipinski definition) is 1. The average molecular weight is 142 g/mol. The van der Waals surface area contributed by atoms with Crippen LogP contribution in [0.4, 0.5) is 0 Å². The van der Waals surface area contributed by atoms with Crippen molar-refractivity contribution in [2.45, 2.75) is 26.7 Å². The fourth-order valence-electron chi connectivity index (χ4n) is 1.54. The third kappa shape index (κ3) is 0.966. The summed E-state index contributed by atoms with van der Waals surface area (Å²) in [5.41, 5.74) is -0.417. The van der Waals surface area contributed by atoms with Gasteiger partial charge in [-0.2, -0.15) is 0 Å². The first-order valence-corrected chi connectivity index (χ1v) is 3.75. The Balaban J connectivity index is 2.73. The van der Waals surface area contributed by atoms with E-state index in [2.05, 4.69) is 0 Å². The lowest BCUT2D eigenvalue weighted by Gasteiger charge is -2.17. The van der Waals surface area contributed by atoms with Gasteiger partial charge in [-0.1, -0.05) is 13.8 Å². The Morgan fingerprint density at radius 2 is 2.40 bits per heavy atom. The fourth-order valence-corrected chi connectivity index (χ4v) is 1.54. The molecule has 0 aromatic carbocycles. The summed E-state index contributed by atoms with van der Waals surface area (Å²) in [6.45, 7) is 3.79. The van der Waals surface area contributed by atoms with Crippen LogP contribution in [-0.2, 0) is 4.79 Å². The van der Waals surface area contributed by atoms with Gasteiger partial charge in [-0.15, -0.1) is 0 Å². The highest BCUT2D eigenvalue weighted by Crippen LogP contribution is 2.37. The van der Waals surface area contributed by atoms with Crippen LogP contribution in [0.1, 0.15) is 26.7 Å². The highest BCUT2D eigenvalue weighted by atomic mass is 16.3. The van der Waals surface area contributed by atoms with Gasteiger partial charge in [0.25, 0.3) is 0 Å². The molecule has 2 atom stereocenters. The summed E-state index contributed by atoms with van der Waals surface area (Å²) >= 11 is 0. The molecule has 1 N–H and O–H groups in total. The van der Waals surface area contributed by atoms with Gasteiger partial charge in [0.15, 0.2) is 0 Å². The molecule has 0 saturated heterocycles. The monoisotopic (exact) mass is 142 g/mol. The maximum Gasteiger partial charge on any atom is 0.143 e. The van der Waals surface area contributed by atoms with Crippen molar-refractivity contribution in [2.75, 3.05) is 6.61 Å². The van der Waals surface area contributed by atoms with Gasteiger partial charge in [0.05, 0.1) is 6.61 Å². The van der Waals surface area contributed by atoms with Crippen molar-refractivity contribution >= 4 is 5.78 Å². The summed E-state index contributed by atoms with van der Waals surface area (Å²) in [5, 5.41) is 8.89. The first-order chi connectivity index (χ1) is 4.60. The molecule has 0 aromatic rings. The van der Waals surface area contributed by atoms with E-state index in [0.29, 0.717) is 0 Å². The van der Waals surface area contributed by atoms with Crippen LogP contribution in [-0.4, -0.2) is 17.5 Å². The van der Waals surface area contributed by atoms with Gasteiger partial charge in [-0.3, -0.25) is 4.79 Å². The van der Waals surface area contributed by atoms with Crippen LogP contribution >= 0.6 is 0 Å². The van der Waals surface area contributed by atoms with Crippen molar-refractivity contribution in [2.24, 2.45) is 11.3 Å². The molecule has 58 valence electrons. The average Bonchev–Trinajstić information content (AvgIpc) is 2.19. The minimum absolute atomic E-state index is 0.0101. The molecule has 2 heteroatoms. The standard InChI is InChI=1S/C8H14O2/c1-6-3-4-8(2,5-9)7(6)10/h6,9H,3-5H2,1-2H3/t6-,8-/m0/s1. The van der Waals surface area contributed by atoms with E-state index < -0.39 is 5.41 Å². The predicted octanol–water partition coefficient (Wildman–Crippen LogP) is 0.984. The second kappa shape index (κ2) is 2.35. The number of rotatable bonds is 1. The molecule has 2 nitrogen and oxygen atoms in total. The van der Waals surface area contributed by atoms with Gasteiger partial charge >= 0.3 is 0 Å². The van der Waals surface area contributed by atoms with Crippen LogP contribution in [0, 0.1) is 11.3 Å². The molecule has 0 heterocycles. The van der Waals surface area contributed by atoms with E-state index in [9.17, 15) is 4.79 Å². The molecule has 0 amide bonds. The Morgan fingerprint density at radius 1 is 1.80 bits per heavy atom. The Morgan fingerprint density at radius 3 is 2.60 bits per heavy atom. The van der Waals surface area contributed by atoms with Gasteiger partial charge in [-0.05, 0) is 12.8 Å². The topological polar surface area (TPSA) is 37.3 Å². The lowest BCUT2D eigenvalue weighted by atomic mass is 9.88. The summed E-state index contributed by atoms with van der Waals surface area (Å²) in [7, 11) is 0. The zero-order valence-corrected chi connectivity index (χ0v) is 6.55. The number of ketones is 1. The van der Waals surface area contributed by atoms with E-state index in [1.807, 2.05) is 13.8 Å². The number of aliphatic hydroxyl groups excluding tert-OH is 1. The molecular weight excluding hydrogens is 128 g/mol. The lowest BCUT2D eigenvalue weighted by molar-refractivity contribution is -0.129. The molecule has 0 aromatic heterocycles.